The molecule has 0 aliphatic carbocycles. The summed E-state index contributed by atoms with van der Waals surface area (Å²) < 4.78 is 33.3. The summed E-state index contributed by atoms with van der Waals surface area (Å²) >= 11 is 0. The van der Waals surface area contributed by atoms with Gasteiger partial charge in [0, 0.05) is 13.0 Å². The molecule has 0 saturated heterocycles. The summed E-state index contributed by atoms with van der Waals surface area (Å²) in [6.07, 6.45) is 36.3. The Bertz CT molecular complexity index is 769. The number of phosphoric ester groups is 1. The number of aliphatic hydroxyl groups excluding tert-OH is 2. The minimum atomic E-state index is -4.50. The van der Waals surface area contributed by atoms with Crippen LogP contribution >= 0.6 is 7.82 Å². The van der Waals surface area contributed by atoms with Crippen molar-refractivity contribution in [3.05, 3.63) is 0 Å². The van der Waals surface area contributed by atoms with E-state index in [1.807, 2.05) is 0 Å². The lowest BCUT2D eigenvalue weighted by atomic mass is 10.0. The maximum atomic E-state index is 12.6. The van der Waals surface area contributed by atoms with E-state index in [-0.39, 0.29) is 25.6 Å². The van der Waals surface area contributed by atoms with E-state index in [0.717, 1.165) is 32.1 Å². The largest absolute Gasteiger partial charge is 0.472 e. The summed E-state index contributed by atoms with van der Waals surface area (Å²) in [7, 11) is -4.50. The van der Waals surface area contributed by atoms with Gasteiger partial charge in [-0.25, -0.2) is 4.57 Å². The molecule has 0 aromatic carbocycles. The van der Waals surface area contributed by atoms with E-state index >= 15 is 0 Å². The molecule has 0 rings (SSSR count). The fourth-order valence-electron chi connectivity index (χ4n) is 6.24. The number of hydrogen-bond donors (Lipinski definition) is 3. The topological polar surface area (TPSA) is 132 Å². The number of aliphatic hydroxyl groups is 2. The normalized spacial score (nSPS) is 14.1. The zero-order chi connectivity index (χ0) is 37.5. The molecule has 0 aromatic heterocycles. The Kier molecular flexibility index (Phi) is 38.7. The third-order valence-corrected chi connectivity index (χ3v) is 10.5. The van der Waals surface area contributed by atoms with Crippen molar-refractivity contribution in [3.63, 3.8) is 0 Å². The van der Waals surface area contributed by atoms with E-state index in [0.29, 0.717) is 6.61 Å². The van der Waals surface area contributed by atoms with E-state index < -0.39 is 33.2 Å². The third kappa shape index (κ3) is 39.0. The van der Waals surface area contributed by atoms with Crippen LogP contribution in [0.3, 0.4) is 0 Å². The second kappa shape index (κ2) is 39.2. The fraction of sp³-hybridized carbons (Fsp3) is 0.976. The van der Waals surface area contributed by atoms with Gasteiger partial charge < -0.3 is 24.6 Å². The first-order chi connectivity index (χ1) is 24.8. The lowest BCUT2D eigenvalue weighted by Crippen LogP contribution is -2.29. The van der Waals surface area contributed by atoms with Crippen LogP contribution in [-0.2, 0) is 27.9 Å². The quantitative estimate of drug-likeness (QED) is 0.0317. The van der Waals surface area contributed by atoms with Gasteiger partial charge in [-0.15, -0.1) is 0 Å². The van der Waals surface area contributed by atoms with Crippen molar-refractivity contribution in [2.24, 2.45) is 0 Å². The van der Waals surface area contributed by atoms with E-state index in [4.69, 9.17) is 23.6 Å². The van der Waals surface area contributed by atoms with Crippen LogP contribution in [0, 0.1) is 0 Å². The molecule has 51 heavy (non-hydrogen) atoms. The van der Waals surface area contributed by atoms with Gasteiger partial charge in [0.1, 0.15) is 12.2 Å². The first-order valence-electron chi connectivity index (χ1n) is 21.5. The van der Waals surface area contributed by atoms with Gasteiger partial charge in [0.15, 0.2) is 0 Å². The van der Waals surface area contributed by atoms with Crippen LogP contribution in [0.5, 0.6) is 0 Å². The Hall–Kier alpha value is -0.540. The molecule has 0 bridgehead atoms. The first-order valence-corrected chi connectivity index (χ1v) is 23.0. The molecule has 3 N–H and O–H groups in total. The van der Waals surface area contributed by atoms with E-state index in [9.17, 15) is 19.4 Å². The van der Waals surface area contributed by atoms with Crippen molar-refractivity contribution in [2.75, 3.05) is 33.0 Å². The highest BCUT2D eigenvalue weighted by Gasteiger charge is 2.26. The number of carbonyl (C=O) groups excluding carboxylic acids is 1. The molecule has 0 aliphatic rings. The number of phosphoric acid groups is 1. The zero-order valence-electron chi connectivity index (χ0n) is 33.3. The number of carbonyl (C=O) groups is 1. The van der Waals surface area contributed by atoms with Crippen LogP contribution < -0.4 is 0 Å². The van der Waals surface area contributed by atoms with E-state index in [1.54, 1.807) is 0 Å². The van der Waals surface area contributed by atoms with Crippen LogP contribution in [0.2, 0.25) is 0 Å². The van der Waals surface area contributed by atoms with Crippen LogP contribution in [0.25, 0.3) is 0 Å². The number of rotatable bonds is 42. The molecule has 306 valence electrons. The molecule has 0 aromatic rings. The molecular weight excluding hydrogens is 667 g/mol. The zero-order valence-corrected chi connectivity index (χ0v) is 34.2. The molecule has 0 heterocycles. The Labute approximate surface area is 314 Å². The molecule has 0 saturated carbocycles. The van der Waals surface area contributed by atoms with Crippen molar-refractivity contribution in [3.8, 4) is 0 Å². The summed E-state index contributed by atoms with van der Waals surface area (Å²) in [4.78, 5) is 22.5. The fourth-order valence-corrected chi connectivity index (χ4v) is 7.03. The second-order valence-electron chi connectivity index (χ2n) is 14.7. The van der Waals surface area contributed by atoms with Crippen molar-refractivity contribution in [2.45, 2.75) is 225 Å². The molecule has 0 spiro atoms. The van der Waals surface area contributed by atoms with Gasteiger partial charge in [0.05, 0.1) is 26.4 Å². The van der Waals surface area contributed by atoms with Gasteiger partial charge in [0.25, 0.3) is 0 Å². The van der Waals surface area contributed by atoms with Crippen molar-refractivity contribution in [1.82, 2.24) is 0 Å². The average Bonchev–Trinajstić information content (AvgIpc) is 3.12. The predicted octanol–water partition coefficient (Wildman–Crippen LogP) is 11.5. The number of hydrogen-bond acceptors (Lipinski definition) is 8. The summed E-state index contributed by atoms with van der Waals surface area (Å²) in [5, 5.41) is 18.3. The molecule has 0 amide bonds. The molecule has 0 aliphatic heterocycles. The van der Waals surface area contributed by atoms with Gasteiger partial charge in [-0.1, -0.05) is 194 Å². The molecule has 9 nitrogen and oxygen atoms in total. The third-order valence-electron chi connectivity index (χ3n) is 9.54. The first kappa shape index (κ1) is 50.5. The number of esters is 1. The van der Waals surface area contributed by atoms with Crippen molar-refractivity contribution >= 4 is 13.8 Å². The van der Waals surface area contributed by atoms with Gasteiger partial charge in [0.2, 0.25) is 0 Å². The standard InChI is InChI=1S/C41H83O9P/c1-3-5-7-9-11-13-15-17-18-19-20-21-22-24-26-28-30-32-34-47-37-40(38-49-51(45,46)48-36-39(43)35-42)50-41(44)33-31-29-27-25-23-16-14-12-10-8-6-4-2/h39-40,42-43H,3-38H2,1-2H3,(H,45,46)/t39-,40+/m0/s1. The van der Waals surface area contributed by atoms with Gasteiger partial charge in [-0.05, 0) is 12.8 Å². The second-order valence-corrected chi connectivity index (χ2v) is 16.2. The van der Waals surface area contributed by atoms with E-state index in [1.165, 1.54) is 161 Å². The SMILES string of the molecule is CCCCCCCCCCCCCCCCCCCCOC[C@H](COP(=O)(O)OC[C@@H](O)CO)OC(=O)CCCCCCCCCCCCCC. The molecule has 1 unspecified atom stereocenters. The lowest BCUT2D eigenvalue weighted by molar-refractivity contribution is -0.154. The highest BCUT2D eigenvalue weighted by atomic mass is 31.2. The van der Waals surface area contributed by atoms with Gasteiger partial charge in [-0.3, -0.25) is 13.8 Å². The maximum Gasteiger partial charge on any atom is 0.472 e. The smallest absolute Gasteiger partial charge is 0.457 e. The van der Waals surface area contributed by atoms with Gasteiger partial charge >= 0.3 is 13.8 Å². The van der Waals surface area contributed by atoms with Crippen LogP contribution in [0.4, 0.5) is 0 Å². The highest BCUT2D eigenvalue weighted by molar-refractivity contribution is 7.47. The Morgan fingerprint density at radius 1 is 0.529 bits per heavy atom. The predicted molar refractivity (Wildman–Crippen MR) is 210 cm³/mol. The molecule has 10 heteroatoms. The summed E-state index contributed by atoms with van der Waals surface area (Å²) in [6, 6.07) is 0. The molecular formula is C41H83O9P. The summed E-state index contributed by atoms with van der Waals surface area (Å²) in [6.45, 7) is 3.56. The van der Waals surface area contributed by atoms with Crippen LogP contribution in [0.1, 0.15) is 213 Å². The molecule has 0 fully saturated rings. The Balaban J connectivity index is 4.09. The van der Waals surface area contributed by atoms with E-state index in [2.05, 4.69) is 13.8 Å². The number of ether oxygens (including phenoxy) is 2. The van der Waals surface area contributed by atoms with Crippen molar-refractivity contribution < 1.29 is 43.0 Å². The van der Waals surface area contributed by atoms with Crippen LogP contribution in [-0.4, -0.2) is 66.3 Å². The lowest BCUT2D eigenvalue weighted by Gasteiger charge is -2.20. The summed E-state index contributed by atoms with van der Waals surface area (Å²) in [5.74, 6) is -0.378. The number of unbranched alkanes of at least 4 members (excludes halogenated alkanes) is 28. The van der Waals surface area contributed by atoms with Crippen LogP contribution in [0.15, 0.2) is 0 Å². The molecule has 3 atom stereocenters. The minimum absolute atomic E-state index is 0.0579. The van der Waals surface area contributed by atoms with Crippen molar-refractivity contribution in [1.29, 1.82) is 0 Å². The Morgan fingerprint density at radius 3 is 1.27 bits per heavy atom. The monoisotopic (exact) mass is 751 g/mol. The average molecular weight is 751 g/mol. The minimum Gasteiger partial charge on any atom is -0.457 e. The maximum absolute atomic E-state index is 12.6. The molecule has 0 radical (unpaired) electrons. The summed E-state index contributed by atoms with van der Waals surface area (Å²) in [5.41, 5.74) is 0. The van der Waals surface area contributed by atoms with Gasteiger partial charge in [-0.2, -0.15) is 0 Å². The highest BCUT2D eigenvalue weighted by Crippen LogP contribution is 2.43. The Morgan fingerprint density at radius 2 is 0.882 bits per heavy atom.